The Morgan fingerprint density at radius 3 is 2.87 bits per heavy atom. The molecule has 0 amide bonds. The Hall–Kier alpha value is -0.930. The number of hydrogen-bond acceptors (Lipinski definition) is 2. The summed E-state index contributed by atoms with van der Waals surface area (Å²) in [6, 6.07) is 8.70. The highest BCUT2D eigenvalue weighted by Crippen LogP contribution is 2.28. The van der Waals surface area contributed by atoms with Crippen LogP contribution < -0.4 is 5.73 Å². The van der Waals surface area contributed by atoms with Crippen molar-refractivity contribution in [3.63, 3.8) is 0 Å². The second-order valence-corrected chi connectivity index (χ2v) is 4.47. The lowest BCUT2D eigenvalue weighted by Gasteiger charge is -2.02. The number of aryl methyl sites for hydroxylation is 1. The van der Waals surface area contributed by atoms with Crippen LogP contribution in [-0.4, -0.2) is 17.4 Å². The number of thioether (sulfide) groups is 1. The fourth-order valence-corrected chi connectivity index (χ4v) is 2.55. The highest BCUT2D eigenvalue weighted by molar-refractivity contribution is 7.98. The number of fused-ring (bicyclic) bond motifs is 1. The van der Waals surface area contributed by atoms with Gasteiger partial charge in [0.2, 0.25) is 0 Å². The fourth-order valence-electron chi connectivity index (χ4n) is 1.95. The molecule has 15 heavy (non-hydrogen) atoms. The Morgan fingerprint density at radius 2 is 2.20 bits per heavy atom. The van der Waals surface area contributed by atoms with E-state index < -0.39 is 0 Å². The summed E-state index contributed by atoms with van der Waals surface area (Å²) in [5, 5.41) is 1.34. The average molecular weight is 220 g/mol. The average Bonchev–Trinajstić information content (AvgIpc) is 2.57. The number of nitrogens with two attached hydrogens (primary N) is 1. The van der Waals surface area contributed by atoms with E-state index in [0.29, 0.717) is 6.54 Å². The van der Waals surface area contributed by atoms with Gasteiger partial charge in [-0.15, -0.1) is 11.8 Å². The lowest BCUT2D eigenvalue weighted by atomic mass is 10.2. The summed E-state index contributed by atoms with van der Waals surface area (Å²) >= 11 is 1.79. The summed E-state index contributed by atoms with van der Waals surface area (Å²) in [5.74, 6) is 0. The third-order valence-electron chi connectivity index (χ3n) is 2.77. The minimum Gasteiger partial charge on any atom is -0.348 e. The van der Waals surface area contributed by atoms with Gasteiger partial charge in [-0.1, -0.05) is 6.07 Å². The third-order valence-corrected chi connectivity index (χ3v) is 3.56. The minimum absolute atomic E-state index is 0.707. The van der Waals surface area contributed by atoms with E-state index in [-0.39, 0.29) is 0 Å². The lowest BCUT2D eigenvalue weighted by molar-refractivity contribution is 0.827. The zero-order chi connectivity index (χ0) is 10.8. The monoisotopic (exact) mass is 220 g/mol. The van der Waals surface area contributed by atoms with Gasteiger partial charge < -0.3 is 10.3 Å². The summed E-state index contributed by atoms with van der Waals surface area (Å²) in [4.78, 5) is 1.34. The highest BCUT2D eigenvalue weighted by atomic mass is 32.2. The summed E-state index contributed by atoms with van der Waals surface area (Å²) in [6.45, 7) is 0.707. The van der Waals surface area contributed by atoms with E-state index in [1.165, 1.54) is 21.5 Å². The predicted octanol–water partition coefficient (Wildman–Crippen LogP) is 2.40. The van der Waals surface area contributed by atoms with Crippen molar-refractivity contribution in [1.82, 2.24) is 4.57 Å². The van der Waals surface area contributed by atoms with Gasteiger partial charge in [0.25, 0.3) is 0 Å². The molecule has 0 atom stereocenters. The summed E-state index contributed by atoms with van der Waals surface area (Å²) < 4.78 is 2.24. The van der Waals surface area contributed by atoms with Gasteiger partial charge in [-0.2, -0.15) is 0 Å². The van der Waals surface area contributed by atoms with Crippen molar-refractivity contribution in [3.8, 4) is 0 Å². The van der Waals surface area contributed by atoms with E-state index in [2.05, 4.69) is 42.1 Å². The van der Waals surface area contributed by atoms with Crippen LogP contribution in [0.5, 0.6) is 0 Å². The second kappa shape index (κ2) is 4.29. The molecular weight excluding hydrogens is 204 g/mol. The summed E-state index contributed by atoms with van der Waals surface area (Å²) in [5.41, 5.74) is 8.21. The van der Waals surface area contributed by atoms with Crippen molar-refractivity contribution in [2.45, 2.75) is 11.3 Å². The van der Waals surface area contributed by atoms with Crippen LogP contribution in [0, 0.1) is 0 Å². The van der Waals surface area contributed by atoms with Gasteiger partial charge in [-0.05, 0) is 37.4 Å². The van der Waals surface area contributed by atoms with Crippen molar-refractivity contribution >= 4 is 22.7 Å². The molecule has 2 N–H and O–H groups in total. The lowest BCUT2D eigenvalue weighted by Crippen LogP contribution is -2.06. The molecule has 0 radical (unpaired) electrons. The van der Waals surface area contributed by atoms with E-state index in [1.807, 2.05) is 0 Å². The van der Waals surface area contributed by atoms with Crippen molar-refractivity contribution in [1.29, 1.82) is 0 Å². The summed E-state index contributed by atoms with van der Waals surface area (Å²) in [7, 11) is 2.11. The van der Waals surface area contributed by atoms with Gasteiger partial charge in [0.15, 0.2) is 0 Å². The van der Waals surface area contributed by atoms with Gasteiger partial charge in [0.1, 0.15) is 0 Å². The Labute approximate surface area is 94.5 Å². The van der Waals surface area contributed by atoms with Crippen LogP contribution in [0.1, 0.15) is 5.69 Å². The molecule has 0 saturated heterocycles. The number of nitrogens with zero attached hydrogens (tertiary/aromatic N) is 1. The van der Waals surface area contributed by atoms with Crippen molar-refractivity contribution in [3.05, 3.63) is 30.0 Å². The molecule has 80 valence electrons. The van der Waals surface area contributed by atoms with Gasteiger partial charge in [0.05, 0.1) is 0 Å². The fraction of sp³-hybridized carbons (Fsp3) is 0.333. The maximum atomic E-state index is 5.60. The number of benzene rings is 1. The van der Waals surface area contributed by atoms with E-state index >= 15 is 0 Å². The molecule has 0 aliphatic rings. The maximum absolute atomic E-state index is 5.60. The molecule has 1 aromatic heterocycles. The van der Waals surface area contributed by atoms with Crippen LogP contribution in [0.2, 0.25) is 0 Å². The number of hydrogen-bond donors (Lipinski definition) is 1. The SMILES string of the molecule is CSc1cccc2c1cc(CCN)n2C. The zero-order valence-electron chi connectivity index (χ0n) is 9.16. The number of rotatable bonds is 3. The maximum Gasteiger partial charge on any atom is 0.0491 e. The second-order valence-electron chi connectivity index (χ2n) is 3.63. The van der Waals surface area contributed by atoms with Crippen molar-refractivity contribution in [2.75, 3.05) is 12.8 Å². The molecule has 0 aliphatic heterocycles. The highest BCUT2D eigenvalue weighted by Gasteiger charge is 2.07. The van der Waals surface area contributed by atoms with Gasteiger partial charge in [-0.3, -0.25) is 0 Å². The van der Waals surface area contributed by atoms with Gasteiger partial charge in [-0.25, -0.2) is 0 Å². The van der Waals surface area contributed by atoms with Crippen LogP contribution in [0.4, 0.5) is 0 Å². The smallest absolute Gasteiger partial charge is 0.0491 e. The Kier molecular flexibility index (Phi) is 3.03. The number of aromatic nitrogens is 1. The van der Waals surface area contributed by atoms with E-state index in [0.717, 1.165) is 6.42 Å². The molecule has 2 nitrogen and oxygen atoms in total. The molecule has 0 fully saturated rings. The molecule has 0 spiro atoms. The van der Waals surface area contributed by atoms with E-state index in [9.17, 15) is 0 Å². The molecular formula is C12H16N2S. The third kappa shape index (κ3) is 1.77. The van der Waals surface area contributed by atoms with Gasteiger partial charge in [0, 0.05) is 28.5 Å². The molecule has 0 saturated carbocycles. The first kappa shape index (κ1) is 10.6. The van der Waals surface area contributed by atoms with Crippen LogP contribution >= 0.6 is 11.8 Å². The molecule has 2 rings (SSSR count). The van der Waals surface area contributed by atoms with Crippen LogP contribution in [0.25, 0.3) is 10.9 Å². The van der Waals surface area contributed by atoms with Crippen LogP contribution in [0.3, 0.4) is 0 Å². The molecule has 3 heteroatoms. The Balaban J connectivity index is 2.64. The normalized spacial score (nSPS) is 11.1. The molecule has 1 aromatic carbocycles. The van der Waals surface area contributed by atoms with Crippen LogP contribution in [0.15, 0.2) is 29.2 Å². The first-order valence-corrected chi connectivity index (χ1v) is 6.31. The Bertz CT molecular complexity index is 474. The van der Waals surface area contributed by atoms with E-state index in [4.69, 9.17) is 5.73 Å². The zero-order valence-corrected chi connectivity index (χ0v) is 9.97. The predicted molar refractivity (Wildman–Crippen MR) is 67.5 cm³/mol. The Morgan fingerprint density at radius 1 is 1.40 bits per heavy atom. The quantitative estimate of drug-likeness (QED) is 0.805. The molecule has 2 aromatic rings. The van der Waals surface area contributed by atoms with E-state index in [1.54, 1.807) is 11.8 Å². The summed E-state index contributed by atoms with van der Waals surface area (Å²) in [6.07, 6.45) is 3.06. The molecule has 0 bridgehead atoms. The minimum atomic E-state index is 0.707. The standard InChI is InChI=1S/C12H16N2S/c1-14-9(6-7-13)8-10-11(14)4-3-5-12(10)15-2/h3-5,8H,6-7,13H2,1-2H3. The van der Waals surface area contributed by atoms with Crippen molar-refractivity contribution < 1.29 is 0 Å². The first-order valence-electron chi connectivity index (χ1n) is 5.09. The molecule has 1 heterocycles. The van der Waals surface area contributed by atoms with Crippen molar-refractivity contribution in [2.24, 2.45) is 12.8 Å². The molecule has 0 unspecified atom stereocenters. The first-order chi connectivity index (χ1) is 7.27. The molecule has 0 aliphatic carbocycles. The van der Waals surface area contributed by atoms with Gasteiger partial charge >= 0.3 is 0 Å². The topological polar surface area (TPSA) is 30.9 Å². The van der Waals surface area contributed by atoms with Crippen LogP contribution in [-0.2, 0) is 13.5 Å². The largest absolute Gasteiger partial charge is 0.348 e.